The molecule has 0 saturated carbocycles. The van der Waals surface area contributed by atoms with E-state index >= 15 is 0 Å². The molecule has 0 saturated heterocycles. The number of anilines is 2. The van der Waals surface area contributed by atoms with Gasteiger partial charge in [0.25, 0.3) is 0 Å². The van der Waals surface area contributed by atoms with E-state index in [1.54, 1.807) is 14.2 Å². The summed E-state index contributed by atoms with van der Waals surface area (Å²) >= 11 is 0. The van der Waals surface area contributed by atoms with Crippen LogP contribution in [0.1, 0.15) is 25.7 Å². The molecule has 2 rings (SSSR count). The molecule has 162 valence electrons. The van der Waals surface area contributed by atoms with Gasteiger partial charge in [-0.15, -0.1) is 0 Å². The third kappa shape index (κ3) is 8.72. The summed E-state index contributed by atoms with van der Waals surface area (Å²) in [7, 11) is 3.28. The van der Waals surface area contributed by atoms with Crippen molar-refractivity contribution >= 4 is 23.3 Å². The van der Waals surface area contributed by atoms with Gasteiger partial charge >= 0.3 is 0 Å². The minimum absolute atomic E-state index is 0.419. The minimum atomic E-state index is 0.419. The molecule has 30 heavy (non-hydrogen) atoms. The second-order valence-corrected chi connectivity index (χ2v) is 6.66. The van der Waals surface area contributed by atoms with E-state index in [1.165, 1.54) is 0 Å². The van der Waals surface area contributed by atoms with Gasteiger partial charge in [-0.1, -0.05) is 12.8 Å². The molecule has 0 amide bonds. The fraction of sp³-hybridized carbons (Fsp3) is 0.364. The first-order valence-corrected chi connectivity index (χ1v) is 10.0. The molecule has 2 aromatic rings. The number of methoxy groups -OCH3 is 2. The van der Waals surface area contributed by atoms with Crippen LogP contribution in [-0.4, -0.2) is 39.2 Å². The van der Waals surface area contributed by atoms with Gasteiger partial charge in [-0.05, 0) is 61.4 Å². The number of benzene rings is 2. The Morgan fingerprint density at radius 3 is 1.37 bits per heavy atom. The van der Waals surface area contributed by atoms with Crippen LogP contribution in [0.2, 0.25) is 0 Å². The van der Waals surface area contributed by atoms with E-state index in [0.717, 1.165) is 48.6 Å². The number of ether oxygens (including phenoxy) is 2. The predicted octanol–water partition coefficient (Wildman–Crippen LogP) is 3.42. The van der Waals surface area contributed by atoms with Crippen LogP contribution in [0.3, 0.4) is 0 Å². The standard InChI is InChI=1S/C22H32N6O2/c1-29-19-11-7-17(8-12-19)27-21(23)25-15-5-3-4-6-16-26-22(24)28-18-9-13-20(30-2)14-10-18/h7-14H,3-6,15-16H2,1-2H3,(H3,23,25,27)(H3,24,26,28). The monoisotopic (exact) mass is 412 g/mol. The van der Waals surface area contributed by atoms with Crippen LogP contribution in [0.5, 0.6) is 11.5 Å². The van der Waals surface area contributed by atoms with Crippen LogP contribution < -0.4 is 31.6 Å². The Labute approximate surface area is 178 Å². The van der Waals surface area contributed by atoms with Gasteiger partial charge < -0.3 is 31.6 Å². The first-order valence-electron chi connectivity index (χ1n) is 10.0. The lowest BCUT2D eigenvalue weighted by Gasteiger charge is -2.07. The molecular formula is C22H32N6O2. The van der Waals surface area contributed by atoms with Crippen LogP contribution in [0.15, 0.2) is 58.5 Å². The molecule has 0 aliphatic rings. The summed E-state index contributed by atoms with van der Waals surface area (Å²) < 4.78 is 10.3. The maximum absolute atomic E-state index is 5.91. The summed E-state index contributed by atoms with van der Waals surface area (Å²) in [4.78, 5) is 8.71. The SMILES string of the molecule is COc1ccc(NC(N)=NCCCCCCN=C(N)Nc2ccc(OC)cc2)cc1. The maximum Gasteiger partial charge on any atom is 0.193 e. The summed E-state index contributed by atoms with van der Waals surface area (Å²) in [6.45, 7) is 1.39. The lowest BCUT2D eigenvalue weighted by Crippen LogP contribution is -2.22. The van der Waals surface area contributed by atoms with Crippen LogP contribution in [-0.2, 0) is 0 Å². The lowest BCUT2D eigenvalue weighted by molar-refractivity contribution is 0.415. The Bertz CT molecular complexity index is 734. The minimum Gasteiger partial charge on any atom is -0.497 e. The van der Waals surface area contributed by atoms with Crippen molar-refractivity contribution in [3.63, 3.8) is 0 Å². The van der Waals surface area contributed by atoms with Gasteiger partial charge in [0.15, 0.2) is 11.9 Å². The molecular weight excluding hydrogens is 380 g/mol. The van der Waals surface area contributed by atoms with Crippen molar-refractivity contribution in [2.45, 2.75) is 25.7 Å². The van der Waals surface area contributed by atoms with Crippen molar-refractivity contribution in [1.29, 1.82) is 0 Å². The number of guanidine groups is 2. The van der Waals surface area contributed by atoms with E-state index in [-0.39, 0.29) is 0 Å². The number of aliphatic imine (C=N–C) groups is 2. The van der Waals surface area contributed by atoms with Crippen LogP contribution in [0, 0.1) is 0 Å². The second kappa shape index (κ2) is 12.9. The van der Waals surface area contributed by atoms with Gasteiger partial charge in [0.05, 0.1) is 14.2 Å². The number of hydrogen-bond donors (Lipinski definition) is 4. The molecule has 0 aromatic heterocycles. The number of nitrogens with one attached hydrogen (secondary N) is 2. The Hall–Kier alpha value is -3.42. The first-order chi connectivity index (χ1) is 14.6. The van der Waals surface area contributed by atoms with E-state index in [4.69, 9.17) is 20.9 Å². The predicted molar refractivity (Wildman–Crippen MR) is 125 cm³/mol. The van der Waals surface area contributed by atoms with Gasteiger partial charge in [-0.2, -0.15) is 0 Å². The quantitative estimate of drug-likeness (QED) is 0.255. The van der Waals surface area contributed by atoms with Crippen LogP contribution >= 0.6 is 0 Å². The summed E-state index contributed by atoms with van der Waals surface area (Å²) in [6, 6.07) is 15.1. The van der Waals surface area contributed by atoms with E-state index in [1.807, 2.05) is 48.5 Å². The molecule has 0 spiro atoms. The molecule has 6 N–H and O–H groups in total. The van der Waals surface area contributed by atoms with Crippen molar-refractivity contribution in [3.05, 3.63) is 48.5 Å². The van der Waals surface area contributed by atoms with Crippen molar-refractivity contribution in [2.24, 2.45) is 21.5 Å². The fourth-order valence-corrected chi connectivity index (χ4v) is 2.70. The molecule has 0 unspecified atom stereocenters. The highest BCUT2D eigenvalue weighted by molar-refractivity contribution is 5.92. The van der Waals surface area contributed by atoms with E-state index in [2.05, 4.69) is 20.6 Å². The Kier molecular flexibility index (Phi) is 9.85. The normalized spacial score (nSPS) is 11.8. The highest BCUT2D eigenvalue weighted by Gasteiger charge is 1.98. The largest absolute Gasteiger partial charge is 0.497 e. The lowest BCUT2D eigenvalue weighted by atomic mass is 10.2. The number of unbranched alkanes of at least 4 members (excludes halogenated alkanes) is 3. The zero-order valence-electron chi connectivity index (χ0n) is 17.7. The first kappa shape index (κ1) is 22.9. The maximum atomic E-state index is 5.91. The molecule has 2 aromatic carbocycles. The third-order valence-corrected chi connectivity index (χ3v) is 4.36. The number of rotatable bonds is 11. The molecule has 0 atom stereocenters. The van der Waals surface area contributed by atoms with Crippen LogP contribution in [0.25, 0.3) is 0 Å². The second-order valence-electron chi connectivity index (χ2n) is 6.66. The van der Waals surface area contributed by atoms with Gasteiger partial charge in [-0.25, -0.2) is 0 Å². The highest BCUT2D eigenvalue weighted by Crippen LogP contribution is 2.15. The van der Waals surface area contributed by atoms with Crippen molar-refractivity contribution in [2.75, 3.05) is 37.9 Å². The Morgan fingerprint density at radius 1 is 0.667 bits per heavy atom. The number of nitrogens with zero attached hydrogens (tertiary/aromatic N) is 2. The zero-order valence-corrected chi connectivity index (χ0v) is 17.7. The van der Waals surface area contributed by atoms with Crippen molar-refractivity contribution in [3.8, 4) is 11.5 Å². The van der Waals surface area contributed by atoms with Gasteiger partial charge in [0.1, 0.15) is 11.5 Å². The Balaban J connectivity index is 1.56. The molecule has 0 bridgehead atoms. The molecule has 0 radical (unpaired) electrons. The molecule has 0 aliphatic heterocycles. The van der Waals surface area contributed by atoms with Crippen LogP contribution in [0.4, 0.5) is 11.4 Å². The summed E-state index contributed by atoms with van der Waals surface area (Å²) in [5.74, 6) is 2.45. The molecule has 0 aliphatic carbocycles. The summed E-state index contributed by atoms with van der Waals surface area (Å²) in [6.07, 6.45) is 4.10. The van der Waals surface area contributed by atoms with E-state index in [0.29, 0.717) is 25.0 Å². The summed E-state index contributed by atoms with van der Waals surface area (Å²) in [5, 5.41) is 6.14. The fourth-order valence-electron chi connectivity index (χ4n) is 2.70. The number of hydrogen-bond acceptors (Lipinski definition) is 4. The van der Waals surface area contributed by atoms with Crippen molar-refractivity contribution < 1.29 is 9.47 Å². The van der Waals surface area contributed by atoms with Gasteiger partial charge in [0.2, 0.25) is 0 Å². The summed E-state index contributed by atoms with van der Waals surface area (Å²) in [5.41, 5.74) is 13.6. The molecule has 8 nitrogen and oxygen atoms in total. The topological polar surface area (TPSA) is 119 Å². The smallest absolute Gasteiger partial charge is 0.193 e. The van der Waals surface area contributed by atoms with Gasteiger partial charge in [0, 0.05) is 24.5 Å². The average molecular weight is 413 g/mol. The molecule has 0 heterocycles. The average Bonchev–Trinajstić information content (AvgIpc) is 2.76. The zero-order chi connectivity index (χ0) is 21.6. The highest BCUT2D eigenvalue weighted by atomic mass is 16.5. The third-order valence-electron chi connectivity index (χ3n) is 4.36. The van der Waals surface area contributed by atoms with E-state index in [9.17, 15) is 0 Å². The Morgan fingerprint density at radius 2 is 1.03 bits per heavy atom. The molecule has 8 heteroatoms. The van der Waals surface area contributed by atoms with Gasteiger partial charge in [-0.3, -0.25) is 9.98 Å². The van der Waals surface area contributed by atoms with E-state index < -0.39 is 0 Å². The molecule has 0 fully saturated rings. The number of nitrogens with two attached hydrogens (primary N) is 2. The van der Waals surface area contributed by atoms with Crippen molar-refractivity contribution in [1.82, 2.24) is 0 Å².